The third-order valence-electron chi connectivity index (χ3n) is 0.838. The molecule has 9 heavy (non-hydrogen) atoms. The van der Waals surface area contributed by atoms with Crippen molar-refractivity contribution >= 4 is 16.6 Å². The lowest BCUT2D eigenvalue weighted by Gasteiger charge is -2.01. The average molecular weight is 148 g/mol. The summed E-state index contributed by atoms with van der Waals surface area (Å²) in [7, 11) is 1.61. The Morgan fingerprint density at radius 2 is 2.11 bits per heavy atom. The molecule has 0 bridgehead atoms. The summed E-state index contributed by atoms with van der Waals surface area (Å²) in [4.78, 5) is 0. The Balaban J connectivity index is 2.60. The topological polar surface area (TPSA) is 27.7 Å². The lowest BCUT2D eigenvalue weighted by atomic mass is 10.5. The van der Waals surface area contributed by atoms with Crippen molar-refractivity contribution in [3.05, 3.63) is 0 Å². The molecule has 0 radical (unpaired) electrons. The van der Waals surface area contributed by atoms with Gasteiger partial charge in [-0.25, -0.2) is 0 Å². The van der Waals surface area contributed by atoms with Crippen LogP contribution in [0, 0.1) is 0 Å². The van der Waals surface area contributed by atoms with Crippen LogP contribution in [0.2, 0.25) is 0 Å². The Kier molecular flexibility index (Phi) is 8.80. The van der Waals surface area contributed by atoms with Gasteiger partial charge < -0.3 is 13.3 Å². The largest absolute Gasteiger partial charge is 0.506 e. The van der Waals surface area contributed by atoms with E-state index in [0.29, 0.717) is 6.79 Å². The highest BCUT2D eigenvalue weighted by Gasteiger charge is 1.84. The third-order valence-corrected chi connectivity index (χ3v) is 1.25. The second-order valence-corrected chi connectivity index (χ2v) is 2.24. The van der Waals surface area contributed by atoms with Gasteiger partial charge in [0.1, 0.15) is 6.79 Å². The Bertz CT molecular complexity index is 45.5. The van der Waals surface area contributed by atoms with Crippen LogP contribution in [0.4, 0.5) is 0 Å². The van der Waals surface area contributed by atoms with Crippen LogP contribution >= 0.6 is 0 Å². The molecule has 54 valence electrons. The summed E-state index contributed by atoms with van der Waals surface area (Å²) in [5.74, 6) is 0. The molecule has 0 saturated carbocycles. The van der Waals surface area contributed by atoms with Crippen molar-refractivity contribution < 1.29 is 13.3 Å². The summed E-state index contributed by atoms with van der Waals surface area (Å²) in [6.45, 7) is 1.94. The molecule has 0 aromatic rings. The van der Waals surface area contributed by atoms with Gasteiger partial charge >= 0.3 is 16.6 Å². The van der Waals surface area contributed by atoms with Crippen LogP contribution in [-0.2, 0) is 13.3 Å². The van der Waals surface area contributed by atoms with Crippen molar-refractivity contribution in [1.29, 1.82) is 0 Å². The Morgan fingerprint density at radius 3 is 2.67 bits per heavy atom. The minimum atomic E-state index is 0.390. The van der Waals surface area contributed by atoms with E-state index in [-0.39, 0.29) is 0 Å². The standard InChI is InChI=1S/C5H11O3.Al.2H/c1-7-5-8-4-2-3-6;;;/h2-5H2,1H3;;;/q-1;+1;;. The van der Waals surface area contributed by atoms with Gasteiger partial charge in [0.05, 0.1) is 6.61 Å². The van der Waals surface area contributed by atoms with Gasteiger partial charge in [-0.05, 0) is 6.42 Å². The van der Waals surface area contributed by atoms with E-state index in [1.165, 1.54) is 0 Å². The summed E-state index contributed by atoms with van der Waals surface area (Å²) in [6, 6.07) is 0. The van der Waals surface area contributed by atoms with Gasteiger partial charge in [0, 0.05) is 13.7 Å². The quantitative estimate of drug-likeness (QED) is 0.290. The number of hydrogen-bond donors (Lipinski definition) is 0. The van der Waals surface area contributed by atoms with Crippen LogP contribution in [0.15, 0.2) is 0 Å². The molecule has 4 heteroatoms. The third kappa shape index (κ3) is 8.41. The van der Waals surface area contributed by atoms with Gasteiger partial charge in [-0.3, -0.25) is 0 Å². The minimum Gasteiger partial charge on any atom is -0.506 e. The van der Waals surface area contributed by atoms with Gasteiger partial charge in [-0.1, -0.05) is 0 Å². The van der Waals surface area contributed by atoms with E-state index in [0.717, 1.165) is 36.3 Å². The lowest BCUT2D eigenvalue weighted by molar-refractivity contribution is -0.0331. The fourth-order valence-corrected chi connectivity index (χ4v) is 0.736. The summed E-state index contributed by atoms with van der Waals surface area (Å²) in [5.41, 5.74) is 0. The zero-order valence-corrected chi connectivity index (χ0v) is 8.05. The van der Waals surface area contributed by atoms with Crippen molar-refractivity contribution in [3.63, 3.8) is 0 Å². The summed E-state index contributed by atoms with van der Waals surface area (Å²) in [5, 5.41) is 0. The van der Waals surface area contributed by atoms with E-state index >= 15 is 0 Å². The fraction of sp³-hybridized carbons (Fsp3) is 1.00. The monoisotopic (exact) mass is 148 g/mol. The number of hydrogen-bond acceptors (Lipinski definition) is 3. The number of ether oxygens (including phenoxy) is 2. The molecule has 3 nitrogen and oxygen atoms in total. The van der Waals surface area contributed by atoms with Crippen LogP contribution in [-0.4, -0.2) is 43.7 Å². The van der Waals surface area contributed by atoms with Crippen LogP contribution in [0.1, 0.15) is 6.42 Å². The number of rotatable bonds is 6. The van der Waals surface area contributed by atoms with E-state index in [2.05, 4.69) is 4.74 Å². The Hall–Kier alpha value is 0.412. The maximum atomic E-state index is 5.00. The van der Waals surface area contributed by atoms with Crippen LogP contribution in [0.5, 0.6) is 0 Å². The van der Waals surface area contributed by atoms with Crippen molar-refractivity contribution in [2.24, 2.45) is 0 Å². The first kappa shape index (κ1) is 9.41. The van der Waals surface area contributed by atoms with Crippen molar-refractivity contribution in [1.82, 2.24) is 0 Å². The average Bonchev–Trinajstić information content (AvgIpc) is 1.89. The summed E-state index contributed by atoms with van der Waals surface area (Å²) in [6.07, 6.45) is 0.965. The molecule has 0 aliphatic rings. The molecule has 0 saturated heterocycles. The minimum absolute atomic E-state index is 0.390. The molecule has 0 aromatic carbocycles. The van der Waals surface area contributed by atoms with Gasteiger partial charge in [0.2, 0.25) is 0 Å². The first-order chi connectivity index (χ1) is 4.41. The SMILES string of the molecule is COCOCCC[O][AlH2]. The highest BCUT2D eigenvalue weighted by atomic mass is 27.1. The van der Waals surface area contributed by atoms with Crippen LogP contribution < -0.4 is 0 Å². The highest BCUT2D eigenvalue weighted by Crippen LogP contribution is 1.81. The van der Waals surface area contributed by atoms with Crippen molar-refractivity contribution in [3.8, 4) is 0 Å². The molecule has 0 aliphatic heterocycles. The summed E-state index contributed by atoms with van der Waals surface area (Å²) >= 11 is 0.821. The zero-order valence-electron chi connectivity index (χ0n) is 6.05. The smallest absolute Gasteiger partial charge is 0.410 e. The van der Waals surface area contributed by atoms with Gasteiger partial charge in [0.25, 0.3) is 0 Å². The zero-order chi connectivity index (χ0) is 6.95. The Morgan fingerprint density at radius 1 is 1.33 bits per heavy atom. The molecule has 0 aromatic heterocycles. The van der Waals surface area contributed by atoms with Gasteiger partial charge in [0.15, 0.2) is 0 Å². The molecule has 0 unspecified atom stereocenters. The molecule has 0 N–H and O–H groups in total. The highest BCUT2D eigenvalue weighted by molar-refractivity contribution is 5.97. The van der Waals surface area contributed by atoms with E-state index < -0.39 is 0 Å². The van der Waals surface area contributed by atoms with Gasteiger partial charge in [-0.15, -0.1) is 0 Å². The van der Waals surface area contributed by atoms with E-state index in [9.17, 15) is 0 Å². The molecule has 0 aliphatic carbocycles. The maximum Gasteiger partial charge on any atom is 0.410 e. The van der Waals surface area contributed by atoms with Crippen LogP contribution in [0.3, 0.4) is 0 Å². The van der Waals surface area contributed by atoms with Crippen molar-refractivity contribution in [2.75, 3.05) is 27.1 Å². The van der Waals surface area contributed by atoms with Crippen LogP contribution in [0.25, 0.3) is 0 Å². The predicted molar refractivity (Wildman–Crippen MR) is 36.9 cm³/mol. The normalized spacial score (nSPS) is 9.89. The molecule has 0 fully saturated rings. The molecular weight excluding hydrogens is 135 g/mol. The predicted octanol–water partition coefficient (Wildman–Crippen LogP) is -0.438. The number of methoxy groups -OCH3 is 1. The Labute approximate surface area is 64.0 Å². The molecule has 0 rings (SSSR count). The summed E-state index contributed by atoms with van der Waals surface area (Å²) < 4.78 is 14.6. The maximum absolute atomic E-state index is 5.00. The van der Waals surface area contributed by atoms with E-state index in [1.807, 2.05) is 0 Å². The van der Waals surface area contributed by atoms with Crippen molar-refractivity contribution in [2.45, 2.75) is 6.42 Å². The van der Waals surface area contributed by atoms with E-state index in [4.69, 9.17) is 8.53 Å². The second kappa shape index (κ2) is 8.41. The lowest BCUT2D eigenvalue weighted by Crippen LogP contribution is -2.01. The van der Waals surface area contributed by atoms with Gasteiger partial charge in [-0.2, -0.15) is 0 Å². The molecule has 0 spiro atoms. The first-order valence-electron chi connectivity index (χ1n) is 2.97. The fourth-order valence-electron chi connectivity index (χ4n) is 0.448. The molecule has 0 amide bonds. The first-order valence-corrected chi connectivity index (χ1v) is 3.79. The molecular formula is C5H13AlO3. The second-order valence-electron chi connectivity index (χ2n) is 1.66. The molecule has 0 atom stereocenters. The molecule has 0 heterocycles. The van der Waals surface area contributed by atoms with E-state index in [1.54, 1.807) is 7.11 Å².